The Labute approximate surface area is 284 Å². The number of fused-ring (bicyclic) bond motifs is 9. The Morgan fingerprint density at radius 2 is 0.918 bits per heavy atom. The van der Waals surface area contributed by atoms with Crippen molar-refractivity contribution in [2.75, 3.05) is 0 Å². The Morgan fingerprint density at radius 1 is 0.388 bits per heavy atom. The molecule has 6 aromatic carbocycles. The van der Waals surface area contributed by atoms with Gasteiger partial charge in [-0.3, -0.25) is 0 Å². The van der Waals surface area contributed by atoms with E-state index in [0.717, 1.165) is 56.5 Å². The van der Waals surface area contributed by atoms with Gasteiger partial charge in [-0.05, 0) is 64.7 Å². The molecule has 0 saturated carbocycles. The molecule has 0 amide bonds. The summed E-state index contributed by atoms with van der Waals surface area (Å²) in [5.41, 5.74) is 11.4. The Hall–Kier alpha value is -6.52. The van der Waals surface area contributed by atoms with Crippen LogP contribution in [0.15, 0.2) is 174 Å². The van der Waals surface area contributed by atoms with Gasteiger partial charge in [0.1, 0.15) is 17.3 Å². The topological polar surface area (TPSA) is 48.2 Å². The van der Waals surface area contributed by atoms with Gasteiger partial charge in [0.15, 0.2) is 11.6 Å². The molecule has 1 aliphatic carbocycles. The minimum Gasteiger partial charge on any atom is -0.457 e. The van der Waals surface area contributed by atoms with Crippen molar-refractivity contribution in [3.8, 4) is 68.0 Å². The number of para-hydroxylation sites is 1. The highest BCUT2D eigenvalue weighted by atomic mass is 16.5. The molecule has 0 fully saturated rings. The summed E-state index contributed by atoms with van der Waals surface area (Å²) in [4.78, 5) is 9.97. The van der Waals surface area contributed by atoms with Gasteiger partial charge in [0, 0.05) is 27.8 Å². The molecule has 3 heterocycles. The van der Waals surface area contributed by atoms with E-state index in [4.69, 9.17) is 19.1 Å². The molecular weight excluding hydrogens is 601 g/mol. The van der Waals surface area contributed by atoms with Crippen LogP contribution in [0.5, 0.6) is 11.5 Å². The Bertz CT molecular complexity index is 2430. The fourth-order valence-electron chi connectivity index (χ4n) is 7.69. The van der Waals surface area contributed by atoms with Crippen LogP contribution in [-0.4, -0.2) is 9.97 Å². The zero-order valence-electron chi connectivity index (χ0n) is 26.4. The molecule has 4 heteroatoms. The summed E-state index contributed by atoms with van der Waals surface area (Å²) in [6.45, 7) is 0. The second-order valence-corrected chi connectivity index (χ2v) is 12.5. The van der Waals surface area contributed by atoms with Gasteiger partial charge in [0.05, 0.1) is 16.8 Å². The molecule has 49 heavy (non-hydrogen) atoms. The van der Waals surface area contributed by atoms with E-state index in [1.165, 1.54) is 22.3 Å². The van der Waals surface area contributed by atoms with E-state index in [9.17, 15) is 0 Å². The SMILES string of the molecule is c1ccc(-c2cc(-c3ccccc3)nc(-c3ccc(-c4ccc5c(c4)C4(c6ccccc6O5)c5ccccc5-c5ccccc54)o3)n2)cc1. The van der Waals surface area contributed by atoms with Crippen LogP contribution in [0.3, 0.4) is 0 Å². The van der Waals surface area contributed by atoms with Gasteiger partial charge >= 0.3 is 0 Å². The molecule has 2 aromatic heterocycles. The molecule has 1 aliphatic heterocycles. The van der Waals surface area contributed by atoms with E-state index < -0.39 is 5.41 Å². The highest BCUT2D eigenvalue weighted by Gasteiger charge is 2.51. The van der Waals surface area contributed by atoms with Crippen LogP contribution >= 0.6 is 0 Å². The van der Waals surface area contributed by atoms with E-state index in [1.807, 2.05) is 60.7 Å². The fraction of sp³-hybridized carbons (Fsp3) is 0.0222. The molecule has 0 saturated heterocycles. The lowest BCUT2D eigenvalue weighted by Gasteiger charge is -2.39. The zero-order chi connectivity index (χ0) is 32.4. The average Bonchev–Trinajstić information content (AvgIpc) is 3.79. The number of nitrogens with zero attached hydrogens (tertiary/aromatic N) is 2. The first-order chi connectivity index (χ1) is 24.3. The standard InChI is InChI=1S/C45H28N2O2/c1-3-13-29(14-4-1)38-28-39(30-15-5-2-6-16-30)47-44(46-38)43-26-25-40(48-43)31-23-24-42-37(27-31)45(36-21-11-12-22-41(36)49-42)34-19-9-7-17-32(34)33-18-8-10-20-35(33)45/h1-28H. The third-order valence-electron chi connectivity index (χ3n) is 9.82. The van der Waals surface area contributed by atoms with E-state index in [1.54, 1.807) is 0 Å². The van der Waals surface area contributed by atoms with Crippen LogP contribution in [0.1, 0.15) is 22.3 Å². The minimum absolute atomic E-state index is 0.539. The third-order valence-corrected chi connectivity index (χ3v) is 9.82. The van der Waals surface area contributed by atoms with Crippen LogP contribution in [0.2, 0.25) is 0 Å². The summed E-state index contributed by atoms with van der Waals surface area (Å²) in [5, 5.41) is 0. The molecule has 0 atom stereocenters. The van der Waals surface area contributed by atoms with Crippen molar-refractivity contribution < 1.29 is 9.15 Å². The number of hydrogen-bond donors (Lipinski definition) is 0. The molecule has 8 aromatic rings. The highest BCUT2D eigenvalue weighted by Crippen LogP contribution is 2.62. The summed E-state index contributed by atoms with van der Waals surface area (Å²) in [7, 11) is 0. The molecule has 0 bridgehead atoms. The average molecular weight is 629 g/mol. The van der Waals surface area contributed by atoms with Crippen molar-refractivity contribution in [3.05, 3.63) is 192 Å². The van der Waals surface area contributed by atoms with E-state index >= 15 is 0 Å². The molecular formula is C45H28N2O2. The molecule has 10 rings (SSSR count). The lowest BCUT2D eigenvalue weighted by molar-refractivity contribution is 0.436. The predicted molar refractivity (Wildman–Crippen MR) is 193 cm³/mol. The predicted octanol–water partition coefficient (Wildman–Crippen LogP) is 11.2. The van der Waals surface area contributed by atoms with Crippen molar-refractivity contribution in [1.29, 1.82) is 0 Å². The van der Waals surface area contributed by atoms with Crippen molar-refractivity contribution in [2.45, 2.75) is 5.41 Å². The summed E-state index contributed by atoms with van der Waals surface area (Å²) >= 11 is 0. The number of rotatable bonds is 4. The van der Waals surface area contributed by atoms with Gasteiger partial charge in [-0.25, -0.2) is 9.97 Å². The molecule has 0 N–H and O–H groups in total. The van der Waals surface area contributed by atoms with Crippen molar-refractivity contribution >= 4 is 0 Å². The summed E-state index contributed by atoms with van der Waals surface area (Å²) in [5.74, 6) is 3.60. The van der Waals surface area contributed by atoms with Gasteiger partial charge in [0.2, 0.25) is 0 Å². The lowest BCUT2D eigenvalue weighted by atomic mass is 9.66. The number of hydrogen-bond acceptors (Lipinski definition) is 4. The summed E-state index contributed by atoms with van der Waals surface area (Å²) in [6.07, 6.45) is 0. The maximum atomic E-state index is 6.62. The minimum atomic E-state index is -0.541. The lowest BCUT2D eigenvalue weighted by Crippen LogP contribution is -2.32. The maximum absolute atomic E-state index is 6.62. The largest absolute Gasteiger partial charge is 0.457 e. The van der Waals surface area contributed by atoms with Crippen LogP contribution in [0, 0.1) is 0 Å². The van der Waals surface area contributed by atoms with Crippen molar-refractivity contribution in [2.24, 2.45) is 0 Å². The molecule has 1 spiro atoms. The summed E-state index contributed by atoms with van der Waals surface area (Å²) < 4.78 is 13.2. The van der Waals surface area contributed by atoms with Crippen molar-refractivity contribution in [3.63, 3.8) is 0 Å². The van der Waals surface area contributed by atoms with Gasteiger partial charge in [-0.15, -0.1) is 0 Å². The third kappa shape index (κ3) is 4.17. The number of aromatic nitrogens is 2. The molecule has 2 aliphatic rings. The zero-order valence-corrected chi connectivity index (χ0v) is 26.4. The van der Waals surface area contributed by atoms with Crippen LogP contribution in [0.4, 0.5) is 0 Å². The first-order valence-corrected chi connectivity index (χ1v) is 16.5. The van der Waals surface area contributed by atoms with Gasteiger partial charge < -0.3 is 9.15 Å². The second kappa shape index (κ2) is 10.8. The quantitative estimate of drug-likeness (QED) is 0.195. The number of furan rings is 1. The normalized spacial score (nSPS) is 13.2. The molecule has 4 nitrogen and oxygen atoms in total. The monoisotopic (exact) mass is 628 g/mol. The summed E-state index contributed by atoms with van der Waals surface area (Å²) in [6, 6.07) is 58.7. The number of ether oxygens (including phenoxy) is 1. The Balaban J connectivity index is 1.14. The number of benzene rings is 6. The van der Waals surface area contributed by atoms with E-state index in [2.05, 4.69) is 109 Å². The molecule has 0 radical (unpaired) electrons. The van der Waals surface area contributed by atoms with Crippen LogP contribution < -0.4 is 4.74 Å². The smallest absolute Gasteiger partial charge is 0.196 e. The first-order valence-electron chi connectivity index (χ1n) is 16.5. The Morgan fingerprint density at radius 3 is 1.57 bits per heavy atom. The van der Waals surface area contributed by atoms with Crippen LogP contribution in [-0.2, 0) is 5.41 Å². The highest BCUT2D eigenvalue weighted by molar-refractivity contribution is 5.89. The van der Waals surface area contributed by atoms with Crippen LogP contribution in [0.25, 0.3) is 56.6 Å². The van der Waals surface area contributed by atoms with Gasteiger partial charge in [0.25, 0.3) is 0 Å². The Kier molecular flexibility index (Phi) is 6.06. The van der Waals surface area contributed by atoms with Crippen molar-refractivity contribution in [1.82, 2.24) is 9.97 Å². The van der Waals surface area contributed by atoms with E-state index in [0.29, 0.717) is 11.6 Å². The maximum Gasteiger partial charge on any atom is 0.196 e. The van der Waals surface area contributed by atoms with Gasteiger partial charge in [-0.2, -0.15) is 0 Å². The molecule has 0 unspecified atom stereocenters. The molecule has 230 valence electrons. The second-order valence-electron chi connectivity index (χ2n) is 12.5. The van der Waals surface area contributed by atoms with E-state index in [-0.39, 0.29) is 0 Å². The first kappa shape index (κ1) is 27.6. The van der Waals surface area contributed by atoms with Gasteiger partial charge in [-0.1, -0.05) is 127 Å². The fourth-order valence-corrected chi connectivity index (χ4v) is 7.69.